The highest BCUT2D eigenvalue weighted by atomic mass is 32.2. The van der Waals surface area contributed by atoms with Gasteiger partial charge >= 0.3 is 0 Å². The van der Waals surface area contributed by atoms with Crippen molar-refractivity contribution in [2.75, 3.05) is 0 Å². The van der Waals surface area contributed by atoms with E-state index in [1.165, 1.54) is 10.9 Å². The smallest absolute Gasteiger partial charge is 0.116 e. The topological polar surface area (TPSA) is 0 Å². The summed E-state index contributed by atoms with van der Waals surface area (Å²) in [4.78, 5) is 0.986. The summed E-state index contributed by atoms with van der Waals surface area (Å²) in [5, 5.41) is 2.11. The van der Waals surface area contributed by atoms with E-state index in [4.69, 9.17) is 7.85 Å². The molecule has 3 heteroatoms. The van der Waals surface area contributed by atoms with Gasteiger partial charge in [-0.3, -0.25) is 0 Å². The number of rotatable bonds is 0. The predicted octanol–water partition coefficient (Wildman–Crippen LogP) is 1.02. The van der Waals surface area contributed by atoms with Crippen LogP contribution in [0.3, 0.4) is 0 Å². The quantitative estimate of drug-likeness (QED) is 0.426. The largest absolute Gasteiger partial charge is 0.181 e. The Kier molecular flexibility index (Phi) is 0.884. The van der Waals surface area contributed by atoms with E-state index in [1.807, 2.05) is 0 Å². The molecule has 3 rings (SSSR count). The molecule has 35 valence electrons. The summed E-state index contributed by atoms with van der Waals surface area (Å²) in [5.41, 5.74) is 2.76. The number of fused-ring (bicyclic) bond motifs is 2. The molecule has 0 spiro atoms. The summed E-state index contributed by atoms with van der Waals surface area (Å²) in [7, 11) is 7.73. The summed E-state index contributed by atoms with van der Waals surface area (Å²) >= 11 is 1.64. The van der Waals surface area contributed by atoms with E-state index < -0.39 is 0 Å². The molecule has 0 amide bonds. The molecule has 8 heavy (non-hydrogen) atoms. The van der Waals surface area contributed by atoms with Crippen LogP contribution in [0.15, 0.2) is 21.2 Å². The minimum Gasteiger partial charge on any atom is -0.116 e. The normalized spacial score (nSPS) is 23.8. The zero-order valence-corrected chi connectivity index (χ0v) is 5.16. The zero-order chi connectivity index (χ0) is 5.56. The minimum atomic E-state index is 0.986. The second kappa shape index (κ2) is 1.47. The van der Waals surface area contributed by atoms with Crippen molar-refractivity contribution in [3.8, 4) is 0 Å². The van der Waals surface area contributed by atoms with Crippen molar-refractivity contribution < 1.29 is 0 Å². The third kappa shape index (κ3) is 0.510. The molecule has 0 aliphatic carbocycles. The molecule has 3 heterocycles. The van der Waals surface area contributed by atoms with Crippen molar-refractivity contribution in [1.29, 1.82) is 0 Å². The van der Waals surface area contributed by atoms with Crippen molar-refractivity contribution in [2.45, 2.75) is 6.42 Å². The van der Waals surface area contributed by atoms with Crippen LogP contribution in [0.1, 0.15) is 6.42 Å². The molecule has 0 saturated carbocycles. The lowest BCUT2D eigenvalue weighted by atomic mass is 9.48. The maximum Gasteiger partial charge on any atom is 0.181 e. The van der Waals surface area contributed by atoms with Gasteiger partial charge in [0.2, 0.25) is 0 Å². The molecular formula is C5H3B2S. The summed E-state index contributed by atoms with van der Waals surface area (Å²) in [5.74, 6) is 0. The van der Waals surface area contributed by atoms with Gasteiger partial charge in [-0.25, -0.2) is 0 Å². The van der Waals surface area contributed by atoms with Gasteiger partial charge < -0.3 is 0 Å². The molecule has 1 saturated heterocycles. The van der Waals surface area contributed by atoms with Crippen LogP contribution in [0.5, 0.6) is 0 Å². The lowest BCUT2D eigenvalue weighted by Gasteiger charge is -2.27. The van der Waals surface area contributed by atoms with Gasteiger partial charge in [0.25, 0.3) is 0 Å². The zero-order valence-electron chi connectivity index (χ0n) is 4.35. The van der Waals surface area contributed by atoms with Crippen LogP contribution in [0, 0.1) is 0 Å². The van der Waals surface area contributed by atoms with Crippen LogP contribution in [0.2, 0.25) is 0 Å². The SMILES string of the molecule is [B]C1=C2[B]C(=CS1)C2. The molecule has 0 aromatic carbocycles. The monoisotopic (exact) mass is 117 g/mol. The van der Waals surface area contributed by atoms with Crippen LogP contribution in [-0.4, -0.2) is 15.1 Å². The van der Waals surface area contributed by atoms with Crippen molar-refractivity contribution >= 4 is 26.9 Å². The Morgan fingerprint density at radius 3 is 2.75 bits per heavy atom. The lowest BCUT2D eigenvalue weighted by molar-refractivity contribution is 1.23. The minimum absolute atomic E-state index is 0.986. The fourth-order valence-electron chi connectivity index (χ4n) is 0.863. The first kappa shape index (κ1) is 4.80. The van der Waals surface area contributed by atoms with Gasteiger partial charge in [-0.15, -0.1) is 17.2 Å². The molecule has 0 N–H and O–H groups in total. The average molecular weight is 117 g/mol. The maximum atomic E-state index is 5.58. The Labute approximate surface area is 55.1 Å². The number of thioether (sulfide) groups is 1. The van der Waals surface area contributed by atoms with Crippen molar-refractivity contribution in [1.82, 2.24) is 0 Å². The highest BCUT2D eigenvalue weighted by Gasteiger charge is 2.22. The second-order valence-corrected chi connectivity index (χ2v) is 2.93. The fourth-order valence-corrected chi connectivity index (χ4v) is 1.58. The average Bonchev–Trinajstić information content (AvgIpc) is 1.62. The molecule has 3 radical (unpaired) electrons. The van der Waals surface area contributed by atoms with Crippen LogP contribution in [0.4, 0.5) is 0 Å². The summed E-state index contributed by atoms with van der Waals surface area (Å²) in [6, 6.07) is 0. The molecular weight excluding hydrogens is 114 g/mol. The fraction of sp³-hybridized carbons (Fsp3) is 0.200. The molecule has 2 bridgehead atoms. The Morgan fingerprint density at radius 1 is 1.75 bits per heavy atom. The van der Waals surface area contributed by atoms with Gasteiger partial charge in [-0.2, -0.15) is 0 Å². The summed E-state index contributed by atoms with van der Waals surface area (Å²) in [6.45, 7) is 0. The molecule has 3 aliphatic rings. The third-order valence-electron chi connectivity index (χ3n) is 1.41. The first-order chi connectivity index (χ1) is 3.86. The van der Waals surface area contributed by atoms with Crippen LogP contribution in [-0.2, 0) is 0 Å². The Hall–Kier alpha value is -0.0401. The van der Waals surface area contributed by atoms with Gasteiger partial charge in [0.05, 0.1) is 0 Å². The van der Waals surface area contributed by atoms with E-state index in [2.05, 4.69) is 12.7 Å². The lowest BCUT2D eigenvalue weighted by Crippen LogP contribution is -2.19. The molecule has 0 aromatic heterocycles. The van der Waals surface area contributed by atoms with Crippen molar-refractivity contribution in [2.24, 2.45) is 0 Å². The van der Waals surface area contributed by atoms with E-state index in [-0.39, 0.29) is 0 Å². The highest BCUT2D eigenvalue weighted by molar-refractivity contribution is 8.07. The molecule has 3 aliphatic heterocycles. The van der Waals surface area contributed by atoms with E-state index in [9.17, 15) is 0 Å². The van der Waals surface area contributed by atoms with Gasteiger partial charge in [0, 0.05) is 0 Å². The van der Waals surface area contributed by atoms with E-state index >= 15 is 0 Å². The van der Waals surface area contributed by atoms with E-state index in [0.717, 1.165) is 11.2 Å². The van der Waals surface area contributed by atoms with Crippen molar-refractivity contribution in [3.63, 3.8) is 0 Å². The molecule has 0 nitrogen and oxygen atoms in total. The van der Waals surface area contributed by atoms with Gasteiger partial charge in [0.15, 0.2) is 7.28 Å². The number of hydrogen-bond donors (Lipinski definition) is 0. The molecule has 0 atom stereocenters. The van der Waals surface area contributed by atoms with Crippen LogP contribution >= 0.6 is 11.8 Å². The van der Waals surface area contributed by atoms with Gasteiger partial charge in [0.1, 0.15) is 7.85 Å². The Balaban J connectivity index is 2.36. The van der Waals surface area contributed by atoms with E-state index in [1.54, 1.807) is 11.8 Å². The first-order valence-electron chi connectivity index (χ1n) is 2.55. The highest BCUT2D eigenvalue weighted by Crippen LogP contribution is 2.37. The van der Waals surface area contributed by atoms with Crippen molar-refractivity contribution in [3.05, 3.63) is 21.2 Å². The summed E-state index contributed by atoms with van der Waals surface area (Å²) in [6.07, 6.45) is 1.11. The number of allylic oxidation sites excluding steroid dienone is 2. The molecule has 1 fully saturated rings. The first-order valence-corrected chi connectivity index (χ1v) is 3.43. The van der Waals surface area contributed by atoms with Gasteiger partial charge in [-0.05, 0) is 11.8 Å². The predicted molar refractivity (Wildman–Crippen MR) is 38.8 cm³/mol. The molecule has 0 aromatic rings. The Morgan fingerprint density at radius 2 is 2.50 bits per heavy atom. The van der Waals surface area contributed by atoms with Crippen LogP contribution < -0.4 is 0 Å². The second-order valence-electron chi connectivity index (χ2n) is 2.02. The van der Waals surface area contributed by atoms with Gasteiger partial charge in [-0.1, -0.05) is 10.3 Å². The third-order valence-corrected chi connectivity index (χ3v) is 2.34. The molecule has 0 unspecified atom stereocenters. The van der Waals surface area contributed by atoms with Crippen LogP contribution in [0.25, 0.3) is 0 Å². The standard InChI is InChI=1S/C5H3B2S/c6-5-4-1-3(7-4)2-8-5/h2H,1H2. The maximum absolute atomic E-state index is 5.58. The number of hydrogen-bond acceptors (Lipinski definition) is 1. The summed E-state index contributed by atoms with van der Waals surface area (Å²) < 4.78 is 0. The Bertz CT molecular complexity index is 177. The van der Waals surface area contributed by atoms with E-state index in [0.29, 0.717) is 0 Å².